The minimum Gasteiger partial charge on any atom is -0.497 e. The van der Waals surface area contributed by atoms with E-state index in [-0.39, 0.29) is 36.2 Å². The molecule has 0 atom stereocenters. The first kappa shape index (κ1) is 32.0. The second kappa shape index (κ2) is 13.0. The highest BCUT2D eigenvalue weighted by atomic mass is 16.6. The Balaban J connectivity index is 1.79. The van der Waals surface area contributed by atoms with E-state index in [0.717, 1.165) is 54.7 Å². The molecule has 9 nitrogen and oxygen atoms in total. The largest absolute Gasteiger partial charge is 0.497 e. The van der Waals surface area contributed by atoms with Crippen LogP contribution in [0.5, 0.6) is 5.75 Å². The summed E-state index contributed by atoms with van der Waals surface area (Å²) in [5.41, 5.74) is 4.04. The molecular weight excluding hydrogens is 520 g/mol. The SMILES string of the molecule is CCN(c1cc(OC)cc(C(=O)NCc2c(C)cc(C)n(C)c2=O)c1C)C1CCC(N(C)C(=O)OC(C)(C)C)CC1. The van der Waals surface area contributed by atoms with Crippen LogP contribution in [0.4, 0.5) is 10.5 Å². The van der Waals surface area contributed by atoms with Crippen LogP contribution in [0, 0.1) is 20.8 Å². The number of carbonyl (C=O) groups is 2. The molecule has 0 saturated heterocycles. The fourth-order valence-electron chi connectivity index (χ4n) is 5.70. The highest BCUT2D eigenvalue weighted by Gasteiger charge is 2.32. The Morgan fingerprint density at radius 2 is 1.66 bits per heavy atom. The molecule has 1 heterocycles. The van der Waals surface area contributed by atoms with Crippen molar-refractivity contribution in [2.75, 3.05) is 25.6 Å². The molecule has 1 aliphatic rings. The third-order valence-electron chi connectivity index (χ3n) is 8.24. The van der Waals surface area contributed by atoms with Crippen molar-refractivity contribution in [3.8, 4) is 5.75 Å². The van der Waals surface area contributed by atoms with Crippen LogP contribution in [-0.4, -0.2) is 59.9 Å². The number of hydrogen-bond donors (Lipinski definition) is 1. The second-order valence-corrected chi connectivity index (χ2v) is 12.2. The number of pyridine rings is 1. The Morgan fingerprint density at radius 3 is 2.22 bits per heavy atom. The van der Waals surface area contributed by atoms with Crippen molar-refractivity contribution in [1.29, 1.82) is 0 Å². The normalized spacial score (nSPS) is 17.1. The highest BCUT2D eigenvalue weighted by Crippen LogP contribution is 2.35. The average Bonchev–Trinajstić information content (AvgIpc) is 2.91. The first-order chi connectivity index (χ1) is 19.2. The van der Waals surface area contributed by atoms with Crippen molar-refractivity contribution in [2.24, 2.45) is 7.05 Å². The van der Waals surface area contributed by atoms with E-state index in [1.807, 2.05) is 60.7 Å². The summed E-state index contributed by atoms with van der Waals surface area (Å²) in [4.78, 5) is 42.9. The van der Waals surface area contributed by atoms with Gasteiger partial charge >= 0.3 is 6.09 Å². The van der Waals surface area contributed by atoms with Gasteiger partial charge in [0.15, 0.2) is 0 Å². The van der Waals surface area contributed by atoms with Crippen LogP contribution in [0.2, 0.25) is 0 Å². The predicted molar refractivity (Wildman–Crippen MR) is 163 cm³/mol. The highest BCUT2D eigenvalue weighted by molar-refractivity contribution is 5.97. The lowest BCUT2D eigenvalue weighted by atomic mass is 9.88. The first-order valence-corrected chi connectivity index (χ1v) is 14.5. The average molecular weight is 569 g/mol. The molecule has 1 saturated carbocycles. The molecular formula is C32H48N4O5. The molecule has 41 heavy (non-hydrogen) atoms. The van der Waals surface area contributed by atoms with Gasteiger partial charge in [-0.2, -0.15) is 0 Å². The number of methoxy groups -OCH3 is 1. The van der Waals surface area contributed by atoms with Gasteiger partial charge in [-0.15, -0.1) is 0 Å². The summed E-state index contributed by atoms with van der Waals surface area (Å²) >= 11 is 0. The topological polar surface area (TPSA) is 93.1 Å². The van der Waals surface area contributed by atoms with Crippen LogP contribution in [0.25, 0.3) is 0 Å². The molecule has 1 aromatic heterocycles. The number of rotatable bonds is 8. The number of hydrogen-bond acceptors (Lipinski definition) is 6. The van der Waals surface area contributed by atoms with Gasteiger partial charge in [0, 0.05) is 67.8 Å². The van der Waals surface area contributed by atoms with Crippen LogP contribution >= 0.6 is 0 Å². The number of nitrogens with zero attached hydrogens (tertiary/aromatic N) is 3. The zero-order valence-electron chi connectivity index (χ0n) is 26.5. The lowest BCUT2D eigenvalue weighted by Crippen LogP contribution is -2.46. The minimum absolute atomic E-state index is 0.101. The van der Waals surface area contributed by atoms with Gasteiger partial charge in [0.25, 0.3) is 11.5 Å². The Kier molecular flexibility index (Phi) is 10.2. The molecule has 1 aromatic carbocycles. The maximum atomic E-state index is 13.5. The van der Waals surface area contributed by atoms with E-state index < -0.39 is 5.60 Å². The van der Waals surface area contributed by atoms with Gasteiger partial charge in [-0.25, -0.2) is 4.79 Å². The summed E-state index contributed by atoms with van der Waals surface area (Å²) in [5.74, 6) is 0.360. The van der Waals surface area contributed by atoms with Crippen LogP contribution in [0.15, 0.2) is 23.0 Å². The Bertz CT molecular complexity index is 1320. The third kappa shape index (κ3) is 7.43. The lowest BCUT2D eigenvalue weighted by molar-refractivity contribution is 0.0183. The molecule has 1 N–H and O–H groups in total. The number of benzene rings is 1. The quantitative estimate of drug-likeness (QED) is 0.467. The Labute approximate surface area is 244 Å². The zero-order valence-corrected chi connectivity index (χ0v) is 26.5. The van der Waals surface area contributed by atoms with E-state index in [9.17, 15) is 14.4 Å². The molecule has 3 rings (SSSR count). The maximum absolute atomic E-state index is 13.5. The predicted octanol–water partition coefficient (Wildman–Crippen LogP) is 5.25. The van der Waals surface area contributed by atoms with Crippen LogP contribution in [0.3, 0.4) is 0 Å². The third-order valence-corrected chi connectivity index (χ3v) is 8.24. The van der Waals surface area contributed by atoms with E-state index in [4.69, 9.17) is 9.47 Å². The van der Waals surface area contributed by atoms with Gasteiger partial charge in [-0.3, -0.25) is 9.59 Å². The van der Waals surface area contributed by atoms with Crippen molar-refractivity contribution in [1.82, 2.24) is 14.8 Å². The Hall–Kier alpha value is -3.49. The number of nitrogens with one attached hydrogen (secondary N) is 1. The van der Waals surface area contributed by atoms with Gasteiger partial charge in [-0.1, -0.05) is 0 Å². The molecule has 0 radical (unpaired) electrons. The molecule has 1 aliphatic carbocycles. The second-order valence-electron chi connectivity index (χ2n) is 12.2. The van der Waals surface area contributed by atoms with Crippen LogP contribution in [-0.2, 0) is 18.3 Å². The summed E-state index contributed by atoms with van der Waals surface area (Å²) in [5, 5.41) is 2.97. The van der Waals surface area contributed by atoms with Crippen molar-refractivity contribution in [2.45, 2.75) is 98.4 Å². The van der Waals surface area contributed by atoms with E-state index in [1.165, 1.54) is 0 Å². The summed E-state index contributed by atoms with van der Waals surface area (Å²) in [6.45, 7) is 14.4. The van der Waals surface area contributed by atoms with E-state index >= 15 is 0 Å². The van der Waals surface area contributed by atoms with Crippen molar-refractivity contribution < 1.29 is 19.1 Å². The summed E-state index contributed by atoms with van der Waals surface area (Å²) in [6, 6.07) is 6.11. The fraction of sp³-hybridized carbons (Fsp3) is 0.594. The maximum Gasteiger partial charge on any atom is 0.410 e. The van der Waals surface area contributed by atoms with Gasteiger partial charge in [-0.05, 0) is 97.4 Å². The number of anilines is 1. The smallest absolute Gasteiger partial charge is 0.410 e. The van der Waals surface area contributed by atoms with Crippen molar-refractivity contribution in [3.63, 3.8) is 0 Å². The van der Waals surface area contributed by atoms with E-state index in [0.29, 0.717) is 16.9 Å². The number of ether oxygens (including phenoxy) is 2. The summed E-state index contributed by atoms with van der Waals surface area (Å²) in [6.07, 6.45) is 3.29. The van der Waals surface area contributed by atoms with Crippen LogP contribution < -0.4 is 20.5 Å². The Morgan fingerprint density at radius 1 is 1.05 bits per heavy atom. The molecule has 0 bridgehead atoms. The molecule has 226 valence electrons. The van der Waals surface area contributed by atoms with E-state index in [1.54, 1.807) is 29.7 Å². The summed E-state index contributed by atoms with van der Waals surface area (Å²) < 4.78 is 12.8. The standard InChI is InChI=1S/C32H48N4O5/c1-11-36(24-14-12-23(13-15-24)35(9)31(39)41-32(5,6)7)28-18-25(40-10)17-26(22(28)4)29(37)33-19-27-20(2)16-21(3)34(8)30(27)38/h16-18,23-24H,11-15,19H2,1-10H3,(H,33,37). The molecule has 2 amide bonds. The molecule has 1 fully saturated rings. The fourth-order valence-corrected chi connectivity index (χ4v) is 5.70. The zero-order chi connectivity index (χ0) is 30.6. The van der Waals surface area contributed by atoms with Gasteiger partial charge in [0.1, 0.15) is 11.4 Å². The van der Waals surface area contributed by atoms with Gasteiger partial charge in [0.2, 0.25) is 0 Å². The lowest BCUT2D eigenvalue weighted by Gasteiger charge is -2.41. The van der Waals surface area contributed by atoms with Gasteiger partial charge in [0.05, 0.1) is 7.11 Å². The van der Waals surface area contributed by atoms with E-state index in [2.05, 4.69) is 17.1 Å². The van der Waals surface area contributed by atoms with Crippen molar-refractivity contribution >= 4 is 17.7 Å². The van der Waals surface area contributed by atoms with Gasteiger partial charge < -0.3 is 29.2 Å². The monoisotopic (exact) mass is 568 g/mol. The molecule has 0 aliphatic heterocycles. The number of amides is 2. The summed E-state index contributed by atoms with van der Waals surface area (Å²) in [7, 11) is 5.16. The number of carbonyl (C=O) groups excluding carboxylic acids is 2. The molecule has 0 spiro atoms. The molecule has 2 aromatic rings. The van der Waals surface area contributed by atoms with Crippen molar-refractivity contribution in [3.05, 3.63) is 56.5 Å². The van der Waals surface area contributed by atoms with Crippen LogP contribution in [0.1, 0.15) is 86.1 Å². The first-order valence-electron chi connectivity index (χ1n) is 14.5. The molecule has 0 unspecified atom stereocenters. The number of aryl methyl sites for hydroxylation is 2. The minimum atomic E-state index is -0.524. The number of aromatic nitrogens is 1. The molecule has 9 heteroatoms.